The summed E-state index contributed by atoms with van der Waals surface area (Å²) in [5, 5.41) is 3.79. The molecule has 4 rings (SSSR count). The van der Waals surface area contributed by atoms with Gasteiger partial charge in [-0.25, -0.2) is 9.78 Å². The smallest absolute Gasteiger partial charge is 0.337 e. The lowest BCUT2D eigenvalue weighted by molar-refractivity contribution is -0.138. The zero-order chi connectivity index (χ0) is 21.8. The van der Waals surface area contributed by atoms with E-state index in [1.165, 1.54) is 11.8 Å². The summed E-state index contributed by atoms with van der Waals surface area (Å²) in [5.74, 6) is 0.0805. The Labute approximate surface area is 184 Å². The minimum absolute atomic E-state index is 0.223. The second-order valence-electron chi connectivity index (χ2n) is 6.78. The number of ether oxygens (including phenoxy) is 1. The number of nitrogens with zero attached hydrogens (tertiary/aromatic N) is 2. The van der Waals surface area contributed by atoms with Crippen LogP contribution < -0.4 is 10.9 Å². The highest BCUT2D eigenvalue weighted by molar-refractivity contribution is 7.99. The number of aromatic nitrogens is 3. The van der Waals surface area contributed by atoms with Gasteiger partial charge in [0.2, 0.25) is 0 Å². The number of aromatic amines is 1. The average Bonchev–Trinajstić information content (AvgIpc) is 2.79. The van der Waals surface area contributed by atoms with E-state index >= 15 is 0 Å². The van der Waals surface area contributed by atoms with Gasteiger partial charge in [-0.3, -0.25) is 9.78 Å². The van der Waals surface area contributed by atoms with Gasteiger partial charge in [0, 0.05) is 12.4 Å². The molecule has 158 valence electrons. The summed E-state index contributed by atoms with van der Waals surface area (Å²) >= 11 is 1.45. The minimum Gasteiger partial charge on any atom is -0.463 e. The molecule has 0 amide bonds. The van der Waals surface area contributed by atoms with Crippen LogP contribution in [0.25, 0.3) is 5.70 Å². The Morgan fingerprint density at radius 1 is 1.13 bits per heavy atom. The molecule has 0 fully saturated rings. The number of H-pyrrole nitrogens is 1. The molecule has 0 radical (unpaired) electrons. The topological polar surface area (TPSA) is 97.0 Å². The summed E-state index contributed by atoms with van der Waals surface area (Å²) in [7, 11) is 0. The molecule has 1 aliphatic heterocycles. The predicted molar refractivity (Wildman–Crippen MR) is 121 cm³/mol. The summed E-state index contributed by atoms with van der Waals surface area (Å²) in [6.45, 7) is 3.97. The minimum atomic E-state index is -0.648. The van der Waals surface area contributed by atoms with Crippen molar-refractivity contribution >= 4 is 29.2 Å². The van der Waals surface area contributed by atoms with Crippen LogP contribution in [0.4, 0.5) is 5.82 Å². The molecule has 31 heavy (non-hydrogen) atoms. The Morgan fingerprint density at radius 2 is 1.87 bits per heavy atom. The van der Waals surface area contributed by atoms with Crippen LogP contribution >= 0.6 is 11.8 Å². The molecule has 0 spiro atoms. The van der Waals surface area contributed by atoms with Gasteiger partial charge in [-0.15, -0.1) is 0 Å². The number of rotatable bonds is 6. The van der Waals surface area contributed by atoms with E-state index < -0.39 is 11.9 Å². The Balaban J connectivity index is 2.02. The van der Waals surface area contributed by atoms with Crippen molar-refractivity contribution in [3.63, 3.8) is 0 Å². The molecular formula is C23H22N4O3S. The lowest BCUT2D eigenvalue weighted by Crippen LogP contribution is -2.31. The third-order valence-corrected chi connectivity index (χ3v) is 5.66. The van der Waals surface area contributed by atoms with Crippen LogP contribution in [0.2, 0.25) is 0 Å². The van der Waals surface area contributed by atoms with Crippen molar-refractivity contribution in [2.24, 2.45) is 0 Å². The first-order valence-electron chi connectivity index (χ1n) is 10.0. The van der Waals surface area contributed by atoms with Gasteiger partial charge in [-0.2, -0.15) is 0 Å². The van der Waals surface area contributed by atoms with E-state index in [1.807, 2.05) is 37.3 Å². The molecule has 2 N–H and O–H groups in total. The van der Waals surface area contributed by atoms with Crippen LogP contribution in [0.15, 0.2) is 70.4 Å². The summed E-state index contributed by atoms with van der Waals surface area (Å²) in [4.78, 5) is 37.9. The first-order valence-corrected chi connectivity index (χ1v) is 11.0. The maximum absolute atomic E-state index is 13.2. The van der Waals surface area contributed by atoms with Gasteiger partial charge in [0.05, 0.1) is 29.4 Å². The maximum atomic E-state index is 13.2. The molecule has 0 saturated carbocycles. The SMILES string of the molecule is CCOC(=O)C1=C(c2ccccc2)Nc2nc(SCC)[nH]c(=O)c2C1c1ccncc1. The van der Waals surface area contributed by atoms with Gasteiger partial charge in [-0.1, -0.05) is 49.0 Å². The highest BCUT2D eigenvalue weighted by Crippen LogP contribution is 2.42. The van der Waals surface area contributed by atoms with Crippen LogP contribution in [-0.4, -0.2) is 33.3 Å². The van der Waals surface area contributed by atoms with Crippen molar-refractivity contribution in [1.29, 1.82) is 0 Å². The molecule has 1 aliphatic rings. The highest BCUT2D eigenvalue weighted by atomic mass is 32.2. The lowest BCUT2D eigenvalue weighted by atomic mass is 9.81. The number of carbonyl (C=O) groups is 1. The summed E-state index contributed by atoms with van der Waals surface area (Å²) in [5.41, 5.74) is 2.62. The molecule has 8 heteroatoms. The van der Waals surface area contributed by atoms with Crippen molar-refractivity contribution in [2.45, 2.75) is 24.9 Å². The molecule has 0 aliphatic carbocycles. The van der Waals surface area contributed by atoms with E-state index in [0.29, 0.717) is 27.8 Å². The average molecular weight is 435 g/mol. The maximum Gasteiger partial charge on any atom is 0.337 e. The van der Waals surface area contributed by atoms with E-state index in [0.717, 1.165) is 16.9 Å². The molecule has 1 atom stereocenters. The Kier molecular flexibility index (Phi) is 6.18. The molecule has 1 aromatic carbocycles. The van der Waals surface area contributed by atoms with E-state index in [1.54, 1.807) is 31.5 Å². The Bertz CT molecular complexity index is 1180. The molecular weight excluding hydrogens is 412 g/mol. The standard InChI is InChI=1S/C23H22N4O3S/c1-3-30-22(29)17-16(14-10-12-24-13-11-14)18-20(26-23(31-4-2)27-21(18)28)25-19(17)15-8-6-5-7-9-15/h5-13,16H,3-4H2,1-2H3,(H2,25,26,27,28). The quantitative estimate of drug-likeness (QED) is 0.346. The number of benzene rings is 1. The molecule has 0 saturated heterocycles. The van der Waals surface area contributed by atoms with Crippen molar-refractivity contribution in [1.82, 2.24) is 15.0 Å². The summed E-state index contributed by atoms with van der Waals surface area (Å²) in [6.07, 6.45) is 3.29. The van der Waals surface area contributed by atoms with E-state index in [-0.39, 0.29) is 12.2 Å². The number of hydrogen-bond donors (Lipinski definition) is 2. The molecule has 7 nitrogen and oxygen atoms in total. The van der Waals surface area contributed by atoms with Crippen LogP contribution in [0.3, 0.4) is 0 Å². The molecule has 3 heterocycles. The van der Waals surface area contributed by atoms with Crippen LogP contribution in [0.1, 0.15) is 36.5 Å². The third-order valence-electron chi connectivity index (χ3n) is 4.90. The van der Waals surface area contributed by atoms with Gasteiger partial charge in [0.25, 0.3) is 5.56 Å². The number of anilines is 1. The van der Waals surface area contributed by atoms with Gasteiger partial charge in [0.15, 0.2) is 5.16 Å². The number of carbonyl (C=O) groups excluding carboxylic acids is 1. The van der Waals surface area contributed by atoms with Crippen LogP contribution in [0.5, 0.6) is 0 Å². The molecule has 2 aromatic heterocycles. The highest BCUT2D eigenvalue weighted by Gasteiger charge is 2.38. The fourth-order valence-electron chi connectivity index (χ4n) is 3.65. The number of thioether (sulfide) groups is 1. The third kappa shape index (κ3) is 4.11. The largest absolute Gasteiger partial charge is 0.463 e. The number of pyridine rings is 1. The first kappa shape index (κ1) is 20.9. The van der Waals surface area contributed by atoms with Gasteiger partial charge < -0.3 is 15.0 Å². The molecule has 3 aromatic rings. The summed E-state index contributed by atoms with van der Waals surface area (Å²) < 4.78 is 5.41. The van der Waals surface area contributed by atoms with E-state index in [4.69, 9.17) is 4.74 Å². The van der Waals surface area contributed by atoms with E-state index in [9.17, 15) is 9.59 Å². The second-order valence-corrected chi connectivity index (χ2v) is 8.03. The fourth-order valence-corrected chi connectivity index (χ4v) is 4.25. The number of hydrogen-bond acceptors (Lipinski definition) is 7. The van der Waals surface area contributed by atoms with Crippen molar-refractivity contribution in [3.05, 3.63) is 87.5 Å². The van der Waals surface area contributed by atoms with Crippen molar-refractivity contribution < 1.29 is 9.53 Å². The van der Waals surface area contributed by atoms with Crippen molar-refractivity contribution in [3.8, 4) is 0 Å². The monoisotopic (exact) mass is 434 g/mol. The van der Waals surface area contributed by atoms with Gasteiger partial charge in [-0.05, 0) is 35.9 Å². The lowest BCUT2D eigenvalue weighted by Gasteiger charge is -2.30. The van der Waals surface area contributed by atoms with Crippen LogP contribution in [-0.2, 0) is 9.53 Å². The number of fused-ring (bicyclic) bond motifs is 1. The Hall–Kier alpha value is -3.39. The zero-order valence-electron chi connectivity index (χ0n) is 17.2. The molecule has 1 unspecified atom stereocenters. The first-order chi connectivity index (χ1) is 15.1. The zero-order valence-corrected chi connectivity index (χ0v) is 18.0. The molecule has 0 bridgehead atoms. The van der Waals surface area contributed by atoms with E-state index in [2.05, 4.69) is 20.3 Å². The van der Waals surface area contributed by atoms with Crippen molar-refractivity contribution in [2.75, 3.05) is 17.7 Å². The van der Waals surface area contributed by atoms with Gasteiger partial charge in [0.1, 0.15) is 5.82 Å². The second kappa shape index (κ2) is 9.18. The van der Waals surface area contributed by atoms with Gasteiger partial charge >= 0.3 is 5.97 Å². The predicted octanol–water partition coefficient (Wildman–Crippen LogP) is 3.81. The van der Waals surface area contributed by atoms with Crippen LogP contribution in [0, 0.1) is 0 Å². The number of nitrogens with one attached hydrogen (secondary N) is 2. The fraction of sp³-hybridized carbons (Fsp3) is 0.217. The number of esters is 1. The normalized spacial score (nSPS) is 15.2. The summed E-state index contributed by atoms with van der Waals surface area (Å²) in [6, 6.07) is 13.1. The Morgan fingerprint density at radius 3 is 2.55 bits per heavy atom.